The maximum Gasteiger partial charge on any atom is 0.317 e. The van der Waals surface area contributed by atoms with Crippen molar-refractivity contribution >= 4 is 28.6 Å². The van der Waals surface area contributed by atoms with Gasteiger partial charge in [0.25, 0.3) is 0 Å². The van der Waals surface area contributed by atoms with Crippen molar-refractivity contribution in [1.82, 2.24) is 4.90 Å². The fourth-order valence-corrected chi connectivity index (χ4v) is 0.343. The zero-order valence-corrected chi connectivity index (χ0v) is 9.46. The Morgan fingerprint density at radius 3 is 2.00 bits per heavy atom. The van der Waals surface area contributed by atoms with Crippen molar-refractivity contribution in [3.05, 3.63) is 0 Å². The van der Waals surface area contributed by atoms with Crippen molar-refractivity contribution < 1.29 is 9.90 Å². The van der Waals surface area contributed by atoms with E-state index in [9.17, 15) is 4.79 Å². The second kappa shape index (κ2) is 10.2. The fourth-order valence-electron chi connectivity index (χ4n) is 0.343. The molecule has 1 N–H and O–H groups in total. The van der Waals surface area contributed by atoms with E-state index in [-0.39, 0.29) is 6.54 Å². The van der Waals surface area contributed by atoms with Crippen LogP contribution in [0.3, 0.4) is 0 Å². The van der Waals surface area contributed by atoms with Gasteiger partial charge in [0.2, 0.25) is 0 Å². The van der Waals surface area contributed by atoms with Gasteiger partial charge in [-0.05, 0) is 18.0 Å². The van der Waals surface area contributed by atoms with Crippen LogP contribution in [0.4, 0.5) is 0 Å². The minimum Gasteiger partial charge on any atom is -0.480 e. The van der Waals surface area contributed by atoms with Gasteiger partial charge < -0.3 is 5.11 Å². The van der Waals surface area contributed by atoms with Gasteiger partial charge in [-0.15, -0.1) is 0 Å². The average molecular weight is 273 g/mol. The monoisotopic (exact) mass is 273 g/mol. The lowest BCUT2D eigenvalue weighted by Crippen LogP contribution is -2.24. The van der Waals surface area contributed by atoms with E-state index in [1.807, 2.05) is 6.92 Å². The Hall–Kier alpha value is 0.160. The molecule has 3 nitrogen and oxygen atoms in total. The maximum absolute atomic E-state index is 9.93. The van der Waals surface area contributed by atoms with E-state index in [1.54, 1.807) is 11.9 Å². The molecule has 0 saturated heterocycles. The number of carboxylic acid groups (broad SMARTS) is 1. The number of hydrogen-bond donors (Lipinski definition) is 1. The van der Waals surface area contributed by atoms with Crippen molar-refractivity contribution in [1.29, 1.82) is 0 Å². The number of likely N-dealkylation sites (N-methyl/N-ethyl adjacent to an activating group) is 1. The second-order valence-electron chi connectivity index (χ2n) is 1.99. The molecule has 0 aromatic heterocycles. The van der Waals surface area contributed by atoms with E-state index in [4.69, 9.17) is 5.11 Å². The molecule has 0 spiro atoms. The molecule has 0 aliphatic rings. The Morgan fingerprint density at radius 2 is 1.91 bits per heavy atom. The van der Waals surface area contributed by atoms with Crippen LogP contribution in [0.1, 0.15) is 13.8 Å². The van der Waals surface area contributed by atoms with Gasteiger partial charge in [-0.2, -0.15) is 0 Å². The van der Waals surface area contributed by atoms with Crippen LogP contribution in [0.15, 0.2) is 0 Å². The molecular weight excluding hydrogens is 257 g/mol. The van der Waals surface area contributed by atoms with Gasteiger partial charge in [0.15, 0.2) is 0 Å². The van der Waals surface area contributed by atoms with Crippen LogP contribution in [0.25, 0.3) is 0 Å². The summed E-state index contributed by atoms with van der Waals surface area (Å²) < 4.78 is 1.22. The highest BCUT2D eigenvalue weighted by Gasteiger charge is 1.98. The number of halogens is 1. The predicted molar refractivity (Wildman–Crippen MR) is 55.4 cm³/mol. The summed E-state index contributed by atoms with van der Waals surface area (Å²) in [6, 6.07) is 0. The van der Waals surface area contributed by atoms with Crippen molar-refractivity contribution in [3.8, 4) is 0 Å². The Bertz CT molecular complexity index is 98.4. The number of nitrogens with zero attached hydrogens (tertiary/aromatic N) is 1. The number of aliphatic carboxylic acids is 1. The molecule has 0 aromatic rings. The highest BCUT2D eigenvalue weighted by atomic mass is 127. The topological polar surface area (TPSA) is 40.5 Å². The van der Waals surface area contributed by atoms with Gasteiger partial charge in [-0.1, -0.05) is 36.4 Å². The molecule has 4 heteroatoms. The first-order valence-corrected chi connectivity index (χ1v) is 5.07. The third kappa shape index (κ3) is 17.8. The number of carbonyl (C=O) groups is 1. The number of carboxylic acids is 1. The minimum atomic E-state index is -0.769. The van der Waals surface area contributed by atoms with Gasteiger partial charge in [0.05, 0.1) is 6.54 Å². The molecule has 0 rings (SSSR count). The van der Waals surface area contributed by atoms with E-state index < -0.39 is 5.97 Å². The summed E-state index contributed by atoms with van der Waals surface area (Å²) in [5.41, 5.74) is 0. The number of hydrogen-bond acceptors (Lipinski definition) is 2. The molecule has 0 bridgehead atoms. The second-order valence-corrected chi connectivity index (χ2v) is 3.52. The molecule has 0 heterocycles. The molecule has 0 amide bonds. The number of alkyl halides is 1. The Labute approximate surface area is 81.9 Å². The molecule has 68 valence electrons. The van der Waals surface area contributed by atoms with E-state index in [0.29, 0.717) is 0 Å². The summed E-state index contributed by atoms with van der Waals surface area (Å²) in [7, 11) is 1.77. The third-order valence-corrected chi connectivity index (χ3v) is 0.945. The summed E-state index contributed by atoms with van der Waals surface area (Å²) in [5.74, 6) is -0.769. The van der Waals surface area contributed by atoms with Crippen molar-refractivity contribution in [2.45, 2.75) is 13.8 Å². The first-order chi connectivity index (χ1) is 5.08. The van der Waals surface area contributed by atoms with Crippen molar-refractivity contribution in [3.63, 3.8) is 0 Å². The molecule has 0 aliphatic carbocycles. The Morgan fingerprint density at radius 1 is 1.55 bits per heavy atom. The molecular formula is C7H16INO2. The smallest absolute Gasteiger partial charge is 0.317 e. The molecule has 0 aliphatic heterocycles. The molecule has 11 heavy (non-hydrogen) atoms. The summed E-state index contributed by atoms with van der Waals surface area (Å²) in [5, 5.41) is 8.17. The summed E-state index contributed by atoms with van der Waals surface area (Å²) in [4.78, 5) is 11.7. The fraction of sp³-hybridized carbons (Fsp3) is 0.857. The normalized spacial score (nSPS) is 8.82. The highest BCUT2D eigenvalue weighted by Crippen LogP contribution is 1.77. The third-order valence-electron chi connectivity index (χ3n) is 0.945. The first-order valence-electron chi connectivity index (χ1n) is 3.54. The van der Waals surface area contributed by atoms with Crippen LogP contribution in [-0.4, -0.2) is 40.5 Å². The van der Waals surface area contributed by atoms with E-state index >= 15 is 0 Å². The van der Waals surface area contributed by atoms with Gasteiger partial charge in [0, 0.05) is 0 Å². The zero-order valence-electron chi connectivity index (χ0n) is 7.30. The lowest BCUT2D eigenvalue weighted by molar-refractivity contribution is -0.137. The molecule has 0 radical (unpaired) electrons. The summed E-state index contributed by atoms with van der Waals surface area (Å²) in [6.45, 7) is 4.95. The highest BCUT2D eigenvalue weighted by molar-refractivity contribution is 14.1. The summed E-state index contributed by atoms with van der Waals surface area (Å²) >= 11 is 2.29. The number of rotatable bonds is 3. The Kier molecular flexibility index (Phi) is 12.7. The average Bonchev–Trinajstić information content (AvgIpc) is 1.88. The van der Waals surface area contributed by atoms with Crippen LogP contribution in [0.5, 0.6) is 0 Å². The standard InChI is InChI=1S/C5H11NO2.C2H5I/c1-3-6(2)4-5(7)8;1-2-3/h3-4H2,1-2H3,(H,7,8);2H2,1H3. The SMILES string of the molecule is CCI.CCN(C)CC(=O)O. The molecule has 0 unspecified atom stereocenters. The van der Waals surface area contributed by atoms with Gasteiger partial charge in [-0.25, -0.2) is 0 Å². The van der Waals surface area contributed by atoms with E-state index in [1.165, 1.54) is 4.43 Å². The molecule has 0 atom stereocenters. The minimum absolute atomic E-state index is 0.135. The van der Waals surface area contributed by atoms with Gasteiger partial charge in [-0.3, -0.25) is 9.69 Å². The molecule has 0 aromatic carbocycles. The molecule has 0 fully saturated rings. The van der Waals surface area contributed by atoms with Gasteiger partial charge in [0.1, 0.15) is 0 Å². The zero-order chi connectivity index (χ0) is 9.28. The summed E-state index contributed by atoms with van der Waals surface area (Å²) in [6.07, 6.45) is 0. The van der Waals surface area contributed by atoms with Crippen LogP contribution in [0.2, 0.25) is 0 Å². The van der Waals surface area contributed by atoms with E-state index in [2.05, 4.69) is 29.5 Å². The van der Waals surface area contributed by atoms with E-state index in [0.717, 1.165) is 6.54 Å². The molecule has 0 saturated carbocycles. The van der Waals surface area contributed by atoms with Crippen LogP contribution < -0.4 is 0 Å². The van der Waals surface area contributed by atoms with Crippen LogP contribution in [0, 0.1) is 0 Å². The maximum atomic E-state index is 9.93. The predicted octanol–water partition coefficient (Wildman–Crippen LogP) is 1.46. The lowest BCUT2D eigenvalue weighted by Gasteiger charge is -2.08. The quantitative estimate of drug-likeness (QED) is 0.625. The largest absolute Gasteiger partial charge is 0.480 e. The van der Waals surface area contributed by atoms with Crippen LogP contribution >= 0.6 is 22.6 Å². The van der Waals surface area contributed by atoms with Crippen molar-refractivity contribution in [2.75, 3.05) is 24.6 Å². The van der Waals surface area contributed by atoms with Crippen LogP contribution in [-0.2, 0) is 4.79 Å². The lowest BCUT2D eigenvalue weighted by atomic mass is 10.5. The first kappa shape index (κ1) is 13.7. The Balaban J connectivity index is 0. The van der Waals surface area contributed by atoms with Gasteiger partial charge >= 0.3 is 5.97 Å². The van der Waals surface area contributed by atoms with Crippen molar-refractivity contribution in [2.24, 2.45) is 0 Å².